The summed E-state index contributed by atoms with van der Waals surface area (Å²) in [5.41, 5.74) is 0.686. The summed E-state index contributed by atoms with van der Waals surface area (Å²) in [4.78, 5) is 0. The fourth-order valence-corrected chi connectivity index (χ4v) is 1.88. The monoisotopic (exact) mass is 263 g/mol. The summed E-state index contributed by atoms with van der Waals surface area (Å²) in [7, 11) is 0. The van der Waals surface area contributed by atoms with Gasteiger partial charge in [0.1, 0.15) is 0 Å². The molecule has 0 saturated carbocycles. The highest BCUT2D eigenvalue weighted by molar-refractivity contribution is 7.98. The van der Waals surface area contributed by atoms with E-state index < -0.39 is 18.6 Å². The molecule has 0 aliphatic heterocycles. The fraction of sp³-hybridized carbons (Fsp3) is 0.500. The normalized spacial score (nSPS) is 13.6. The van der Waals surface area contributed by atoms with Gasteiger partial charge in [-0.1, -0.05) is 30.3 Å². The summed E-state index contributed by atoms with van der Waals surface area (Å²) in [6.45, 7) is 0.580. The van der Waals surface area contributed by atoms with Gasteiger partial charge in [-0.25, -0.2) is 0 Å². The quantitative estimate of drug-likeness (QED) is 0.786. The van der Waals surface area contributed by atoms with Gasteiger partial charge in [-0.2, -0.15) is 24.9 Å². The first-order chi connectivity index (χ1) is 8.03. The van der Waals surface area contributed by atoms with Crippen LogP contribution >= 0.6 is 11.8 Å². The highest BCUT2D eigenvalue weighted by Crippen LogP contribution is 2.29. The van der Waals surface area contributed by atoms with Crippen molar-refractivity contribution in [3.63, 3.8) is 0 Å². The third kappa shape index (κ3) is 5.98. The van der Waals surface area contributed by atoms with Crippen LogP contribution in [0, 0.1) is 0 Å². The molecule has 1 nitrogen and oxygen atoms in total. The van der Waals surface area contributed by atoms with Crippen LogP contribution in [0.25, 0.3) is 0 Å². The number of alkyl halides is 3. The van der Waals surface area contributed by atoms with Crippen molar-refractivity contribution in [3.8, 4) is 0 Å². The summed E-state index contributed by atoms with van der Waals surface area (Å²) >= 11 is 1.61. The third-order valence-corrected chi connectivity index (χ3v) is 2.95. The van der Waals surface area contributed by atoms with E-state index in [0.29, 0.717) is 12.1 Å². The first kappa shape index (κ1) is 14.4. The van der Waals surface area contributed by atoms with Crippen molar-refractivity contribution in [2.24, 2.45) is 0 Å². The Bertz CT molecular complexity index is 313. The minimum Gasteiger partial charge on any atom is -0.309 e. The zero-order chi connectivity index (χ0) is 12.7. The lowest BCUT2D eigenvalue weighted by Gasteiger charge is -2.20. The van der Waals surface area contributed by atoms with Gasteiger partial charge < -0.3 is 5.32 Å². The van der Waals surface area contributed by atoms with Crippen LogP contribution in [0.3, 0.4) is 0 Å². The minimum atomic E-state index is -4.15. The van der Waals surface area contributed by atoms with E-state index in [1.807, 2.05) is 6.26 Å². The number of nitrogens with one attached hydrogen (secondary N) is 1. The van der Waals surface area contributed by atoms with Gasteiger partial charge in [0.15, 0.2) is 0 Å². The standard InChI is InChI=1S/C12H16F3NS/c1-17-8-7-16-11(9-12(13,14)15)10-5-3-2-4-6-10/h2-6,11,16H,7-9H2,1H3. The number of halogens is 3. The Morgan fingerprint density at radius 1 is 1.24 bits per heavy atom. The van der Waals surface area contributed by atoms with Crippen LogP contribution in [0.5, 0.6) is 0 Å². The zero-order valence-electron chi connectivity index (χ0n) is 9.63. The SMILES string of the molecule is CSCCNC(CC(F)(F)F)c1ccccc1. The number of hydrogen-bond donors (Lipinski definition) is 1. The number of rotatable bonds is 6. The van der Waals surface area contributed by atoms with Crippen LogP contribution in [-0.2, 0) is 0 Å². The van der Waals surface area contributed by atoms with E-state index in [9.17, 15) is 13.2 Å². The Kier molecular flexibility index (Phi) is 5.85. The maximum atomic E-state index is 12.5. The van der Waals surface area contributed by atoms with Gasteiger partial charge in [-0.15, -0.1) is 0 Å². The van der Waals surface area contributed by atoms with Gasteiger partial charge in [0.05, 0.1) is 6.42 Å². The van der Waals surface area contributed by atoms with Crippen molar-refractivity contribution in [3.05, 3.63) is 35.9 Å². The molecule has 1 atom stereocenters. The van der Waals surface area contributed by atoms with Gasteiger partial charge in [-0.05, 0) is 11.8 Å². The second-order valence-electron chi connectivity index (χ2n) is 3.73. The van der Waals surface area contributed by atoms with Crippen LogP contribution in [0.15, 0.2) is 30.3 Å². The molecule has 1 rings (SSSR count). The number of benzene rings is 1. The summed E-state index contributed by atoms with van der Waals surface area (Å²) in [5, 5.41) is 2.95. The maximum absolute atomic E-state index is 12.5. The topological polar surface area (TPSA) is 12.0 Å². The second kappa shape index (κ2) is 6.91. The van der Waals surface area contributed by atoms with Crippen LogP contribution in [-0.4, -0.2) is 24.7 Å². The Morgan fingerprint density at radius 3 is 2.41 bits per heavy atom. The molecule has 0 bridgehead atoms. The predicted molar refractivity (Wildman–Crippen MR) is 66.2 cm³/mol. The Balaban J connectivity index is 2.65. The molecule has 1 aromatic carbocycles. The number of thioether (sulfide) groups is 1. The van der Waals surface area contributed by atoms with Gasteiger partial charge in [-0.3, -0.25) is 0 Å². The van der Waals surface area contributed by atoms with E-state index in [1.165, 1.54) is 0 Å². The van der Waals surface area contributed by atoms with E-state index in [-0.39, 0.29) is 0 Å². The second-order valence-corrected chi connectivity index (χ2v) is 4.72. The van der Waals surface area contributed by atoms with Crippen LogP contribution in [0.1, 0.15) is 18.0 Å². The summed E-state index contributed by atoms with van der Waals surface area (Å²) < 4.78 is 37.4. The van der Waals surface area contributed by atoms with Gasteiger partial charge >= 0.3 is 6.18 Å². The Morgan fingerprint density at radius 2 is 1.88 bits per heavy atom. The van der Waals surface area contributed by atoms with Crippen molar-refractivity contribution in [1.82, 2.24) is 5.32 Å². The van der Waals surface area contributed by atoms with E-state index >= 15 is 0 Å². The summed E-state index contributed by atoms with van der Waals surface area (Å²) in [5.74, 6) is 0.807. The molecule has 0 amide bonds. The molecule has 1 unspecified atom stereocenters. The van der Waals surface area contributed by atoms with Crippen LogP contribution < -0.4 is 5.32 Å². The smallest absolute Gasteiger partial charge is 0.309 e. The third-order valence-electron chi connectivity index (χ3n) is 2.33. The van der Waals surface area contributed by atoms with E-state index in [2.05, 4.69) is 5.32 Å². The molecule has 0 saturated heterocycles. The molecule has 0 aromatic heterocycles. The van der Waals surface area contributed by atoms with Crippen molar-refractivity contribution in [1.29, 1.82) is 0 Å². The van der Waals surface area contributed by atoms with Crippen molar-refractivity contribution >= 4 is 11.8 Å². The highest BCUT2D eigenvalue weighted by Gasteiger charge is 2.32. The average Bonchev–Trinajstić information content (AvgIpc) is 2.28. The first-order valence-electron chi connectivity index (χ1n) is 5.37. The van der Waals surface area contributed by atoms with E-state index in [1.54, 1.807) is 42.1 Å². The first-order valence-corrected chi connectivity index (χ1v) is 6.76. The molecule has 0 spiro atoms. The predicted octanol–water partition coefficient (Wildman–Crippen LogP) is 3.63. The van der Waals surface area contributed by atoms with Crippen molar-refractivity contribution < 1.29 is 13.2 Å². The minimum absolute atomic E-state index is 0.580. The number of hydrogen-bond acceptors (Lipinski definition) is 2. The van der Waals surface area contributed by atoms with E-state index in [0.717, 1.165) is 5.75 Å². The van der Waals surface area contributed by atoms with Crippen LogP contribution in [0.4, 0.5) is 13.2 Å². The molecule has 96 valence electrons. The molecular formula is C12H16F3NS. The van der Waals surface area contributed by atoms with Crippen molar-refractivity contribution in [2.45, 2.75) is 18.6 Å². The van der Waals surface area contributed by atoms with Crippen LogP contribution in [0.2, 0.25) is 0 Å². The Hall–Kier alpha value is -0.680. The largest absolute Gasteiger partial charge is 0.390 e. The molecule has 1 aromatic rings. The van der Waals surface area contributed by atoms with Gasteiger partial charge in [0.2, 0.25) is 0 Å². The lowest BCUT2D eigenvalue weighted by molar-refractivity contribution is -0.140. The van der Waals surface area contributed by atoms with Gasteiger partial charge in [0, 0.05) is 18.3 Å². The molecular weight excluding hydrogens is 247 g/mol. The molecule has 0 heterocycles. The maximum Gasteiger partial charge on any atom is 0.390 e. The average molecular weight is 263 g/mol. The lowest BCUT2D eigenvalue weighted by atomic mass is 10.0. The highest BCUT2D eigenvalue weighted by atomic mass is 32.2. The molecule has 5 heteroatoms. The molecule has 0 radical (unpaired) electrons. The van der Waals surface area contributed by atoms with E-state index in [4.69, 9.17) is 0 Å². The lowest BCUT2D eigenvalue weighted by Crippen LogP contribution is -2.28. The Labute approximate surface area is 104 Å². The molecule has 0 aliphatic carbocycles. The zero-order valence-corrected chi connectivity index (χ0v) is 10.4. The van der Waals surface area contributed by atoms with Gasteiger partial charge in [0.25, 0.3) is 0 Å². The molecule has 0 aliphatic rings. The summed E-state index contributed by atoms with van der Waals surface area (Å²) in [6, 6.07) is 8.12. The molecule has 0 fully saturated rings. The fourth-order valence-electron chi connectivity index (χ4n) is 1.56. The summed E-state index contributed by atoms with van der Waals surface area (Å²) in [6.07, 6.45) is -3.04. The van der Waals surface area contributed by atoms with Crippen molar-refractivity contribution in [2.75, 3.05) is 18.6 Å². The molecule has 17 heavy (non-hydrogen) atoms. The molecule has 1 N–H and O–H groups in total.